The fraction of sp³-hybridized carbons (Fsp3) is 0.889. The van der Waals surface area contributed by atoms with Gasteiger partial charge in [0.2, 0.25) is 0 Å². The lowest BCUT2D eigenvalue weighted by molar-refractivity contribution is 0.539. The van der Waals surface area contributed by atoms with Crippen molar-refractivity contribution < 1.29 is 0 Å². The third-order valence-electron chi connectivity index (χ3n) is 2.57. The van der Waals surface area contributed by atoms with Crippen LogP contribution in [0.5, 0.6) is 0 Å². The Morgan fingerprint density at radius 3 is 2.67 bits per heavy atom. The highest BCUT2D eigenvalue weighted by atomic mass is 14.3. The minimum atomic E-state index is 0.995. The maximum Gasteiger partial charge on any atom is 0.100 e. The van der Waals surface area contributed by atoms with E-state index in [2.05, 4.69) is 13.8 Å². The van der Waals surface area contributed by atoms with E-state index in [1.807, 2.05) is 5.92 Å². The standard InChI is InChI=1S/C9H17/c1-3-8-6-5-7-9(8)4-2/h8H,3-7H2,1-2H3/q+1. The van der Waals surface area contributed by atoms with Crippen LogP contribution in [0.15, 0.2) is 0 Å². The van der Waals surface area contributed by atoms with Crippen molar-refractivity contribution in [1.82, 2.24) is 0 Å². The van der Waals surface area contributed by atoms with Crippen molar-refractivity contribution >= 4 is 0 Å². The highest BCUT2D eigenvalue weighted by Crippen LogP contribution is 2.37. The van der Waals surface area contributed by atoms with Gasteiger partial charge < -0.3 is 0 Å². The second-order valence-electron chi connectivity index (χ2n) is 3.01. The Balaban J connectivity index is 2.32. The monoisotopic (exact) mass is 125 g/mol. The molecule has 0 nitrogen and oxygen atoms in total. The zero-order valence-corrected chi connectivity index (χ0v) is 6.61. The SMILES string of the molecule is CC[C+]1CCCC1CC. The first-order chi connectivity index (χ1) is 4.38. The molecule has 1 aliphatic carbocycles. The van der Waals surface area contributed by atoms with E-state index in [0.717, 1.165) is 5.92 Å². The van der Waals surface area contributed by atoms with Gasteiger partial charge in [0.1, 0.15) is 5.92 Å². The van der Waals surface area contributed by atoms with E-state index in [0.29, 0.717) is 0 Å². The van der Waals surface area contributed by atoms with Gasteiger partial charge in [0, 0.05) is 0 Å². The molecule has 0 heteroatoms. The summed E-state index contributed by atoms with van der Waals surface area (Å²) >= 11 is 0. The maximum absolute atomic E-state index is 2.31. The largest absolute Gasteiger partial charge is 0.100 e. The second-order valence-corrected chi connectivity index (χ2v) is 3.01. The van der Waals surface area contributed by atoms with Crippen molar-refractivity contribution in [3.05, 3.63) is 5.92 Å². The van der Waals surface area contributed by atoms with Gasteiger partial charge in [0.25, 0.3) is 0 Å². The van der Waals surface area contributed by atoms with Crippen molar-refractivity contribution in [2.24, 2.45) is 5.92 Å². The fourth-order valence-corrected chi connectivity index (χ4v) is 1.94. The van der Waals surface area contributed by atoms with Gasteiger partial charge in [-0.15, -0.1) is 0 Å². The predicted octanol–water partition coefficient (Wildman–Crippen LogP) is 3.18. The molecule has 0 amide bonds. The summed E-state index contributed by atoms with van der Waals surface area (Å²) in [6.45, 7) is 4.61. The van der Waals surface area contributed by atoms with Crippen LogP contribution in [0.4, 0.5) is 0 Å². The van der Waals surface area contributed by atoms with Gasteiger partial charge in [-0.2, -0.15) is 0 Å². The number of hydrogen-bond donors (Lipinski definition) is 0. The molecule has 0 heterocycles. The van der Waals surface area contributed by atoms with E-state index in [-0.39, 0.29) is 0 Å². The molecule has 1 aliphatic rings. The van der Waals surface area contributed by atoms with Gasteiger partial charge >= 0.3 is 0 Å². The van der Waals surface area contributed by atoms with Crippen LogP contribution in [-0.4, -0.2) is 0 Å². The quantitative estimate of drug-likeness (QED) is 0.497. The first-order valence-corrected chi connectivity index (χ1v) is 4.23. The van der Waals surface area contributed by atoms with Crippen LogP contribution >= 0.6 is 0 Å². The molecule has 1 fully saturated rings. The molecular weight excluding hydrogens is 108 g/mol. The highest BCUT2D eigenvalue weighted by molar-refractivity contribution is 4.99. The van der Waals surface area contributed by atoms with E-state index in [1.165, 1.54) is 32.1 Å². The van der Waals surface area contributed by atoms with Crippen LogP contribution in [-0.2, 0) is 0 Å². The third-order valence-corrected chi connectivity index (χ3v) is 2.57. The third kappa shape index (κ3) is 1.41. The van der Waals surface area contributed by atoms with Gasteiger partial charge in [-0.1, -0.05) is 6.92 Å². The Morgan fingerprint density at radius 2 is 2.22 bits per heavy atom. The van der Waals surface area contributed by atoms with Crippen LogP contribution in [0.25, 0.3) is 0 Å². The lowest BCUT2D eigenvalue weighted by Crippen LogP contribution is -2.01. The Bertz CT molecular complexity index is 66.1. The van der Waals surface area contributed by atoms with Gasteiger partial charge in [-0.25, -0.2) is 0 Å². The van der Waals surface area contributed by atoms with E-state index >= 15 is 0 Å². The normalized spacial score (nSPS) is 27.3. The summed E-state index contributed by atoms with van der Waals surface area (Å²) in [5, 5.41) is 0. The Kier molecular flexibility index (Phi) is 2.44. The lowest BCUT2D eigenvalue weighted by Gasteiger charge is -2.03. The van der Waals surface area contributed by atoms with Crippen molar-refractivity contribution in [3.63, 3.8) is 0 Å². The highest BCUT2D eigenvalue weighted by Gasteiger charge is 2.33. The van der Waals surface area contributed by atoms with Crippen LogP contribution < -0.4 is 0 Å². The fourth-order valence-electron chi connectivity index (χ4n) is 1.94. The summed E-state index contributed by atoms with van der Waals surface area (Å²) < 4.78 is 0. The summed E-state index contributed by atoms with van der Waals surface area (Å²) in [6, 6.07) is 0. The summed E-state index contributed by atoms with van der Waals surface area (Å²) in [7, 11) is 0. The number of hydrogen-bond acceptors (Lipinski definition) is 0. The molecule has 0 spiro atoms. The minimum Gasteiger partial charge on any atom is -0.0610 e. The molecular formula is C9H17+. The van der Waals surface area contributed by atoms with Crippen molar-refractivity contribution in [3.8, 4) is 0 Å². The maximum atomic E-state index is 2.31. The molecule has 0 saturated heterocycles. The van der Waals surface area contributed by atoms with Gasteiger partial charge in [0.15, 0.2) is 0 Å². The first-order valence-electron chi connectivity index (χ1n) is 4.23. The zero-order valence-electron chi connectivity index (χ0n) is 6.61. The van der Waals surface area contributed by atoms with Gasteiger partial charge in [-0.3, -0.25) is 0 Å². The Hall–Kier alpha value is -0.130. The summed E-state index contributed by atoms with van der Waals surface area (Å²) in [5.41, 5.74) is 0. The summed E-state index contributed by atoms with van der Waals surface area (Å²) in [5.74, 6) is 2.83. The lowest BCUT2D eigenvalue weighted by atomic mass is 9.92. The van der Waals surface area contributed by atoms with E-state index in [1.54, 1.807) is 0 Å². The molecule has 0 radical (unpaired) electrons. The molecule has 0 aromatic carbocycles. The number of rotatable bonds is 2. The van der Waals surface area contributed by atoms with Crippen LogP contribution in [0.2, 0.25) is 0 Å². The zero-order chi connectivity index (χ0) is 6.69. The van der Waals surface area contributed by atoms with Crippen molar-refractivity contribution in [1.29, 1.82) is 0 Å². The van der Waals surface area contributed by atoms with Crippen LogP contribution in [0.1, 0.15) is 46.0 Å². The van der Waals surface area contributed by atoms with Gasteiger partial charge in [0.05, 0.1) is 18.8 Å². The smallest absolute Gasteiger partial charge is 0.0610 e. The van der Waals surface area contributed by atoms with Crippen molar-refractivity contribution in [2.45, 2.75) is 46.0 Å². The average Bonchev–Trinajstić information content (AvgIpc) is 2.33. The molecule has 0 aromatic heterocycles. The molecule has 1 rings (SSSR count). The summed E-state index contributed by atoms with van der Waals surface area (Å²) in [4.78, 5) is 0. The van der Waals surface area contributed by atoms with E-state index in [4.69, 9.17) is 0 Å². The molecule has 1 atom stereocenters. The topological polar surface area (TPSA) is 0 Å². The first kappa shape index (κ1) is 6.98. The minimum absolute atomic E-state index is 0.995. The average molecular weight is 125 g/mol. The predicted molar refractivity (Wildman–Crippen MR) is 41.2 cm³/mol. The Labute approximate surface area is 58.7 Å². The molecule has 1 saturated carbocycles. The molecule has 0 aliphatic heterocycles. The van der Waals surface area contributed by atoms with Crippen LogP contribution in [0, 0.1) is 11.8 Å². The molecule has 0 bridgehead atoms. The van der Waals surface area contributed by atoms with Crippen molar-refractivity contribution in [2.75, 3.05) is 0 Å². The molecule has 0 aromatic rings. The molecule has 1 unspecified atom stereocenters. The van der Waals surface area contributed by atoms with E-state index < -0.39 is 0 Å². The summed E-state index contributed by atoms with van der Waals surface area (Å²) in [6.07, 6.45) is 7.07. The van der Waals surface area contributed by atoms with E-state index in [9.17, 15) is 0 Å². The molecule has 9 heavy (non-hydrogen) atoms. The Morgan fingerprint density at radius 1 is 1.44 bits per heavy atom. The second kappa shape index (κ2) is 3.14. The molecule has 52 valence electrons. The van der Waals surface area contributed by atoms with Gasteiger partial charge in [-0.05, 0) is 26.2 Å². The molecule has 0 N–H and O–H groups in total. The van der Waals surface area contributed by atoms with Crippen LogP contribution in [0.3, 0.4) is 0 Å².